The van der Waals surface area contributed by atoms with E-state index < -0.39 is 5.82 Å². The van der Waals surface area contributed by atoms with E-state index in [1.807, 2.05) is 0 Å². The molecule has 0 radical (unpaired) electrons. The maximum atomic E-state index is 14.9. The van der Waals surface area contributed by atoms with Gasteiger partial charge in [-0.1, -0.05) is 0 Å². The second-order valence-electron chi connectivity index (χ2n) is 5.34. The third-order valence-corrected chi connectivity index (χ3v) is 4.88. The summed E-state index contributed by atoms with van der Waals surface area (Å²) in [6, 6.07) is 3.45. The van der Waals surface area contributed by atoms with E-state index in [-0.39, 0.29) is 11.3 Å². The highest BCUT2D eigenvalue weighted by molar-refractivity contribution is 7.17. The first-order valence-electron chi connectivity index (χ1n) is 7.54. The van der Waals surface area contributed by atoms with Gasteiger partial charge < -0.3 is 19.8 Å². The van der Waals surface area contributed by atoms with Gasteiger partial charge in [0.15, 0.2) is 11.6 Å². The number of aromatic nitrogens is 3. The highest BCUT2D eigenvalue weighted by Gasteiger charge is 2.26. The summed E-state index contributed by atoms with van der Waals surface area (Å²) in [4.78, 5) is 22.0. The Kier molecular flexibility index (Phi) is 3.92. The average Bonchev–Trinajstić information content (AvgIpc) is 3.28. The van der Waals surface area contributed by atoms with Crippen molar-refractivity contribution < 1.29 is 18.7 Å². The number of fused-ring (bicyclic) bond motifs is 2. The third-order valence-electron chi connectivity index (χ3n) is 4.06. The summed E-state index contributed by atoms with van der Waals surface area (Å²) in [5.74, 6) is 0.401. The van der Waals surface area contributed by atoms with E-state index in [9.17, 15) is 9.18 Å². The van der Waals surface area contributed by atoms with E-state index in [2.05, 4.69) is 20.3 Å². The van der Waals surface area contributed by atoms with Gasteiger partial charge in [-0.15, -0.1) is 11.3 Å². The number of ether oxygens (including phenoxy) is 2. The fourth-order valence-corrected chi connectivity index (χ4v) is 3.79. The van der Waals surface area contributed by atoms with Crippen LogP contribution in [0.4, 0.5) is 10.2 Å². The Morgan fingerprint density at radius 3 is 2.81 bits per heavy atom. The minimum atomic E-state index is -0.541. The number of thiazole rings is 1. The number of rotatable bonds is 5. The lowest BCUT2D eigenvalue weighted by atomic mass is 10.0. The number of benzene rings is 1. The highest BCUT2D eigenvalue weighted by atomic mass is 32.1. The summed E-state index contributed by atoms with van der Waals surface area (Å²) in [6.07, 6.45) is 2.26. The normalized spacial score (nSPS) is 11.0. The second kappa shape index (κ2) is 6.26. The largest absolute Gasteiger partial charge is 0.494 e. The van der Waals surface area contributed by atoms with Crippen LogP contribution in [0, 0.1) is 5.82 Å². The van der Waals surface area contributed by atoms with E-state index >= 15 is 0 Å². The van der Waals surface area contributed by atoms with Gasteiger partial charge in [-0.05, 0) is 12.1 Å². The van der Waals surface area contributed by atoms with Crippen LogP contribution in [-0.4, -0.2) is 35.6 Å². The topological polar surface area (TPSA) is 89.1 Å². The number of hydrogen-bond acceptors (Lipinski definition) is 6. The van der Waals surface area contributed by atoms with E-state index in [0.717, 1.165) is 5.39 Å². The molecule has 3 heterocycles. The number of anilines is 1. The molecule has 0 bridgehead atoms. The van der Waals surface area contributed by atoms with Gasteiger partial charge >= 0.3 is 0 Å². The first-order valence-corrected chi connectivity index (χ1v) is 8.42. The van der Waals surface area contributed by atoms with Gasteiger partial charge in [-0.2, -0.15) is 0 Å². The molecular weight excluding hydrogens is 359 g/mol. The summed E-state index contributed by atoms with van der Waals surface area (Å²) in [6.45, 7) is 0. The molecule has 7 nitrogen and oxygen atoms in total. The molecule has 2 N–H and O–H groups in total. The summed E-state index contributed by atoms with van der Waals surface area (Å²) < 4.78 is 26.5. The van der Waals surface area contributed by atoms with Gasteiger partial charge in [-0.25, -0.2) is 14.4 Å². The molecule has 1 amide bonds. The second-order valence-corrected chi connectivity index (χ2v) is 6.20. The van der Waals surface area contributed by atoms with Crippen molar-refractivity contribution in [2.45, 2.75) is 0 Å². The predicted molar refractivity (Wildman–Crippen MR) is 97.5 cm³/mol. The van der Waals surface area contributed by atoms with E-state index in [0.29, 0.717) is 39.5 Å². The molecule has 0 aliphatic heterocycles. The number of aromatic amines is 1. The van der Waals surface area contributed by atoms with Gasteiger partial charge in [0.2, 0.25) is 6.41 Å². The third kappa shape index (κ3) is 2.28. The Balaban J connectivity index is 2.05. The molecule has 0 atom stereocenters. The van der Waals surface area contributed by atoms with Crippen molar-refractivity contribution in [2.24, 2.45) is 0 Å². The minimum Gasteiger partial charge on any atom is -0.494 e. The number of methoxy groups -OCH3 is 2. The van der Waals surface area contributed by atoms with E-state index in [1.165, 1.54) is 25.6 Å². The van der Waals surface area contributed by atoms with Crippen LogP contribution in [0.15, 0.2) is 23.8 Å². The monoisotopic (exact) mass is 372 g/mol. The first kappa shape index (κ1) is 16.3. The van der Waals surface area contributed by atoms with Crippen LogP contribution >= 0.6 is 11.3 Å². The Labute approximate surface area is 150 Å². The SMILES string of the molecule is COc1c(-c2c[nH]c3nc(NC=O)ccc23)c(OC)c2scnc2c1F. The van der Waals surface area contributed by atoms with Crippen LogP contribution in [0.1, 0.15) is 0 Å². The maximum absolute atomic E-state index is 14.9. The van der Waals surface area contributed by atoms with Crippen LogP contribution < -0.4 is 14.8 Å². The van der Waals surface area contributed by atoms with Crippen LogP contribution in [0.3, 0.4) is 0 Å². The lowest BCUT2D eigenvalue weighted by Crippen LogP contribution is -1.98. The molecule has 4 rings (SSSR count). The van der Waals surface area contributed by atoms with Gasteiger partial charge in [-0.3, -0.25) is 4.79 Å². The molecule has 26 heavy (non-hydrogen) atoms. The predicted octanol–water partition coefficient (Wildman–Crippen LogP) is 3.56. The van der Waals surface area contributed by atoms with Crippen LogP contribution in [0.5, 0.6) is 11.5 Å². The van der Waals surface area contributed by atoms with Crippen molar-refractivity contribution in [1.82, 2.24) is 15.0 Å². The van der Waals surface area contributed by atoms with Gasteiger partial charge in [0.05, 0.1) is 25.3 Å². The van der Waals surface area contributed by atoms with E-state index in [1.54, 1.807) is 23.8 Å². The van der Waals surface area contributed by atoms with Crippen molar-refractivity contribution >= 4 is 44.8 Å². The Morgan fingerprint density at radius 2 is 2.08 bits per heavy atom. The Bertz CT molecular complexity index is 1140. The van der Waals surface area contributed by atoms with Crippen molar-refractivity contribution in [3.05, 3.63) is 29.7 Å². The molecule has 0 unspecified atom stereocenters. The first-order chi connectivity index (χ1) is 12.7. The fourth-order valence-electron chi connectivity index (χ4n) is 2.98. The highest BCUT2D eigenvalue weighted by Crippen LogP contribution is 2.48. The molecule has 0 aliphatic carbocycles. The van der Waals surface area contributed by atoms with Crippen LogP contribution in [-0.2, 0) is 4.79 Å². The van der Waals surface area contributed by atoms with Crippen LogP contribution in [0.25, 0.3) is 32.4 Å². The number of nitrogens with one attached hydrogen (secondary N) is 2. The fraction of sp³-hybridized carbons (Fsp3) is 0.118. The average molecular weight is 372 g/mol. The standard InChI is InChI=1S/C17H13FN4O3S/c1-24-14-11(15(25-2)16-13(12(14)18)21-7-26-16)9-5-19-17-8(9)3-4-10(22-17)20-6-23/h3-7H,1-2H3,(H2,19,20,22,23). The molecule has 0 fully saturated rings. The van der Waals surface area contributed by atoms with E-state index in [4.69, 9.17) is 9.47 Å². The lowest BCUT2D eigenvalue weighted by molar-refractivity contribution is -0.105. The molecule has 9 heteroatoms. The summed E-state index contributed by atoms with van der Waals surface area (Å²) in [5.41, 5.74) is 3.47. The zero-order valence-corrected chi connectivity index (χ0v) is 14.6. The molecular formula is C17H13FN4O3S. The van der Waals surface area contributed by atoms with Crippen molar-refractivity contribution in [3.8, 4) is 22.6 Å². The minimum absolute atomic E-state index is 0.0521. The van der Waals surface area contributed by atoms with Gasteiger partial charge in [0, 0.05) is 17.1 Å². The molecule has 0 saturated carbocycles. The lowest BCUT2D eigenvalue weighted by Gasteiger charge is -2.14. The number of pyridine rings is 1. The summed E-state index contributed by atoms with van der Waals surface area (Å²) >= 11 is 1.29. The van der Waals surface area contributed by atoms with Crippen LogP contribution in [0.2, 0.25) is 0 Å². The van der Waals surface area contributed by atoms with Gasteiger partial charge in [0.1, 0.15) is 27.4 Å². The number of halogens is 1. The van der Waals surface area contributed by atoms with Gasteiger partial charge in [0.25, 0.3) is 0 Å². The number of hydrogen-bond donors (Lipinski definition) is 2. The molecule has 0 spiro atoms. The maximum Gasteiger partial charge on any atom is 0.212 e. The molecule has 0 saturated heterocycles. The molecule has 0 aliphatic rings. The Morgan fingerprint density at radius 1 is 1.27 bits per heavy atom. The summed E-state index contributed by atoms with van der Waals surface area (Å²) in [5, 5.41) is 3.23. The smallest absolute Gasteiger partial charge is 0.212 e. The molecule has 4 aromatic rings. The molecule has 132 valence electrons. The number of nitrogens with zero attached hydrogens (tertiary/aromatic N) is 2. The molecule has 1 aromatic carbocycles. The zero-order valence-electron chi connectivity index (χ0n) is 13.8. The number of amides is 1. The van der Waals surface area contributed by atoms with Crippen molar-refractivity contribution in [1.29, 1.82) is 0 Å². The number of H-pyrrole nitrogens is 1. The van der Waals surface area contributed by atoms with Crippen molar-refractivity contribution in [2.75, 3.05) is 19.5 Å². The Hall–Kier alpha value is -3.20. The molecule has 3 aromatic heterocycles. The quantitative estimate of drug-likeness (QED) is 0.523. The number of carbonyl (C=O) groups is 1. The summed E-state index contributed by atoms with van der Waals surface area (Å²) in [7, 11) is 2.92. The number of carbonyl (C=O) groups excluding carboxylic acids is 1. The zero-order chi connectivity index (χ0) is 18.3. The van der Waals surface area contributed by atoms with Crippen molar-refractivity contribution in [3.63, 3.8) is 0 Å².